The maximum Gasteiger partial charge on any atom is 0.410 e. The molecule has 0 atom stereocenters. The number of piperazine rings is 1. The van der Waals surface area contributed by atoms with Crippen LogP contribution in [0.2, 0.25) is 0 Å². The second-order valence-corrected chi connectivity index (χ2v) is 11.6. The first-order valence-corrected chi connectivity index (χ1v) is 14.0. The lowest BCUT2D eigenvalue weighted by molar-refractivity contribution is 0.0240. The molecule has 1 aromatic carbocycles. The van der Waals surface area contributed by atoms with Gasteiger partial charge < -0.3 is 24.3 Å². The Morgan fingerprint density at radius 3 is 2.51 bits per heavy atom. The number of hydrogen-bond acceptors (Lipinski definition) is 8. The molecule has 43 heavy (non-hydrogen) atoms. The van der Waals surface area contributed by atoms with Gasteiger partial charge in [-0.1, -0.05) is 0 Å². The first-order chi connectivity index (χ1) is 20.5. The summed E-state index contributed by atoms with van der Waals surface area (Å²) in [6, 6.07) is 4.87. The van der Waals surface area contributed by atoms with Gasteiger partial charge in [0.1, 0.15) is 17.4 Å². The van der Waals surface area contributed by atoms with E-state index >= 15 is 0 Å². The summed E-state index contributed by atoms with van der Waals surface area (Å²) in [5, 5.41) is 8.38. The highest BCUT2D eigenvalue weighted by molar-refractivity contribution is 6.14. The Morgan fingerprint density at radius 1 is 1.05 bits per heavy atom. The minimum atomic E-state index is -0.565. The van der Waals surface area contributed by atoms with Crippen LogP contribution in [0.4, 0.5) is 20.6 Å². The highest BCUT2D eigenvalue weighted by Gasteiger charge is 2.28. The Bertz CT molecular complexity index is 1820. The molecule has 0 aliphatic carbocycles. The number of imidazole rings is 1. The molecule has 6 rings (SSSR count). The number of pyridine rings is 1. The molecule has 1 fully saturated rings. The smallest absolute Gasteiger partial charge is 0.410 e. The zero-order chi connectivity index (χ0) is 30.3. The van der Waals surface area contributed by atoms with Crippen LogP contribution < -0.4 is 10.2 Å². The Labute approximate surface area is 247 Å². The Hall–Kier alpha value is -5.07. The molecule has 0 unspecified atom stereocenters. The molecule has 12 nitrogen and oxygen atoms in total. The van der Waals surface area contributed by atoms with Gasteiger partial charge in [0, 0.05) is 79.9 Å². The minimum absolute atomic E-state index is 0.192. The average Bonchev–Trinajstić information content (AvgIpc) is 3.55. The van der Waals surface area contributed by atoms with E-state index in [0.717, 1.165) is 16.6 Å². The number of benzene rings is 1. The SMILES string of the molecule is Cc1cn2cc(NC(=O)c3ccc(N4CCN(C(=O)OC(C)(C)C)CC4)c4cn(Cc5cncnc5)nc34)cc(F)c2n1. The normalized spacial score (nSPS) is 14.0. The van der Waals surface area contributed by atoms with Crippen molar-refractivity contribution in [3.8, 4) is 0 Å². The van der Waals surface area contributed by atoms with Crippen molar-refractivity contribution < 1.29 is 18.7 Å². The maximum atomic E-state index is 14.7. The molecule has 1 N–H and O–H groups in total. The minimum Gasteiger partial charge on any atom is -0.444 e. The second-order valence-electron chi connectivity index (χ2n) is 11.6. The topological polar surface area (TPSA) is 123 Å². The molecular formula is C30H32FN9O3. The molecule has 0 bridgehead atoms. The summed E-state index contributed by atoms with van der Waals surface area (Å²) in [4.78, 5) is 42.4. The van der Waals surface area contributed by atoms with Crippen LogP contribution in [-0.2, 0) is 11.3 Å². The van der Waals surface area contributed by atoms with E-state index in [1.54, 1.807) is 51.8 Å². The van der Waals surface area contributed by atoms with Gasteiger partial charge >= 0.3 is 6.09 Å². The number of fused-ring (bicyclic) bond motifs is 2. The maximum absolute atomic E-state index is 14.7. The van der Waals surface area contributed by atoms with Crippen molar-refractivity contribution in [2.24, 2.45) is 0 Å². The van der Waals surface area contributed by atoms with Crippen LogP contribution >= 0.6 is 0 Å². The Balaban J connectivity index is 1.30. The van der Waals surface area contributed by atoms with Crippen LogP contribution in [0.5, 0.6) is 0 Å². The van der Waals surface area contributed by atoms with E-state index in [9.17, 15) is 14.0 Å². The van der Waals surface area contributed by atoms with Crippen LogP contribution in [0.3, 0.4) is 0 Å². The predicted octanol–water partition coefficient (Wildman–Crippen LogP) is 4.28. The molecule has 0 spiro atoms. The summed E-state index contributed by atoms with van der Waals surface area (Å²) < 4.78 is 23.5. The van der Waals surface area contributed by atoms with Gasteiger partial charge in [-0.2, -0.15) is 5.10 Å². The van der Waals surface area contributed by atoms with Crippen LogP contribution in [-0.4, -0.2) is 77.8 Å². The number of nitrogens with zero attached hydrogens (tertiary/aromatic N) is 8. The summed E-state index contributed by atoms with van der Waals surface area (Å²) in [5.41, 5.74) is 3.19. The summed E-state index contributed by atoms with van der Waals surface area (Å²) in [5.74, 6) is -0.957. The number of aryl methyl sites for hydroxylation is 1. The molecule has 1 saturated heterocycles. The number of carbonyl (C=O) groups is 2. The monoisotopic (exact) mass is 585 g/mol. The van der Waals surface area contributed by atoms with Gasteiger partial charge in [0.15, 0.2) is 11.5 Å². The van der Waals surface area contributed by atoms with E-state index in [1.165, 1.54) is 12.4 Å². The van der Waals surface area contributed by atoms with E-state index in [2.05, 4.69) is 25.2 Å². The highest BCUT2D eigenvalue weighted by atomic mass is 19.1. The third-order valence-electron chi connectivity index (χ3n) is 7.06. The number of rotatable bonds is 5. The molecule has 222 valence electrons. The largest absolute Gasteiger partial charge is 0.444 e. The van der Waals surface area contributed by atoms with Crippen molar-refractivity contribution in [3.05, 3.63) is 78.1 Å². The number of aromatic nitrogens is 6. The summed E-state index contributed by atoms with van der Waals surface area (Å²) in [6.45, 7) is 9.89. The lowest BCUT2D eigenvalue weighted by Crippen LogP contribution is -2.50. The molecule has 4 aromatic heterocycles. The number of anilines is 2. The summed E-state index contributed by atoms with van der Waals surface area (Å²) in [6.07, 6.45) is 9.78. The number of halogens is 1. The predicted molar refractivity (Wildman–Crippen MR) is 159 cm³/mol. The van der Waals surface area contributed by atoms with E-state index in [4.69, 9.17) is 9.84 Å². The van der Waals surface area contributed by atoms with Gasteiger partial charge in [-0.3, -0.25) is 9.48 Å². The number of amides is 2. The van der Waals surface area contributed by atoms with E-state index in [-0.39, 0.29) is 11.7 Å². The molecular weight excluding hydrogens is 553 g/mol. The van der Waals surface area contributed by atoms with Gasteiger partial charge in [0.25, 0.3) is 5.91 Å². The first kappa shape index (κ1) is 28.1. The molecule has 0 saturated carbocycles. The molecule has 1 aliphatic heterocycles. The lowest BCUT2D eigenvalue weighted by atomic mass is 10.1. The van der Waals surface area contributed by atoms with Gasteiger partial charge in [-0.05, 0) is 39.8 Å². The zero-order valence-electron chi connectivity index (χ0n) is 24.4. The van der Waals surface area contributed by atoms with Gasteiger partial charge in [0.05, 0.1) is 23.5 Å². The van der Waals surface area contributed by atoms with Crippen LogP contribution in [0.15, 0.2) is 55.5 Å². The number of hydrogen-bond donors (Lipinski definition) is 1. The van der Waals surface area contributed by atoms with Gasteiger partial charge in [-0.25, -0.2) is 24.1 Å². The standard InChI is InChI=1S/C30H32FN9O3/c1-19-14-39-16-21(11-24(31)27(39)34-19)35-28(41)22-5-6-25(37-7-9-38(10-8-37)29(42)43-30(2,3)4)23-17-40(36-26(22)23)15-20-12-32-18-33-13-20/h5-6,11-14,16-18H,7-10,15H2,1-4H3,(H,35,41). The van der Waals surface area contributed by atoms with Crippen LogP contribution in [0, 0.1) is 12.7 Å². The fourth-order valence-electron chi connectivity index (χ4n) is 5.18. The van der Waals surface area contributed by atoms with Crippen LogP contribution in [0.25, 0.3) is 16.6 Å². The fraction of sp³-hybridized carbons (Fsp3) is 0.333. The van der Waals surface area contributed by atoms with Crippen molar-refractivity contribution in [2.45, 2.75) is 39.8 Å². The summed E-state index contributed by atoms with van der Waals surface area (Å²) >= 11 is 0. The van der Waals surface area contributed by atoms with Gasteiger partial charge in [-0.15, -0.1) is 0 Å². The molecule has 2 amide bonds. The summed E-state index contributed by atoms with van der Waals surface area (Å²) in [7, 11) is 0. The van der Waals surface area contributed by atoms with E-state index < -0.39 is 17.3 Å². The van der Waals surface area contributed by atoms with Crippen molar-refractivity contribution in [1.29, 1.82) is 0 Å². The number of ether oxygens (including phenoxy) is 1. The fourth-order valence-corrected chi connectivity index (χ4v) is 5.18. The second kappa shape index (κ2) is 11.0. The quantitative estimate of drug-likeness (QED) is 0.324. The van der Waals surface area contributed by atoms with Crippen LogP contribution in [0.1, 0.15) is 42.4 Å². The molecule has 1 aliphatic rings. The molecule has 0 radical (unpaired) electrons. The van der Waals surface area contributed by atoms with E-state index in [1.807, 2.05) is 33.0 Å². The van der Waals surface area contributed by atoms with Gasteiger partial charge in [0.2, 0.25) is 0 Å². The van der Waals surface area contributed by atoms with Crippen molar-refractivity contribution in [2.75, 3.05) is 36.4 Å². The molecule has 5 aromatic rings. The van der Waals surface area contributed by atoms with Crippen molar-refractivity contribution in [1.82, 2.24) is 34.0 Å². The Kier molecular flexibility index (Phi) is 7.16. The van der Waals surface area contributed by atoms with Crippen molar-refractivity contribution in [3.63, 3.8) is 0 Å². The first-order valence-electron chi connectivity index (χ1n) is 14.0. The number of nitrogens with one attached hydrogen (secondary N) is 1. The average molecular weight is 586 g/mol. The molecule has 5 heterocycles. The van der Waals surface area contributed by atoms with E-state index in [0.29, 0.717) is 55.2 Å². The van der Waals surface area contributed by atoms with Crippen molar-refractivity contribution >= 4 is 39.9 Å². The number of carbonyl (C=O) groups excluding carboxylic acids is 2. The zero-order valence-corrected chi connectivity index (χ0v) is 24.4. The molecule has 13 heteroatoms. The lowest BCUT2D eigenvalue weighted by Gasteiger charge is -2.37. The highest BCUT2D eigenvalue weighted by Crippen LogP contribution is 2.31. The Morgan fingerprint density at radius 2 is 1.79 bits per heavy atom. The third-order valence-corrected chi connectivity index (χ3v) is 7.06. The third kappa shape index (κ3) is 5.96.